The minimum atomic E-state index is 0.0756. The number of methoxy groups -OCH3 is 2. The Labute approximate surface area is 89.6 Å². The van der Waals surface area contributed by atoms with Gasteiger partial charge >= 0.3 is 0 Å². The molecule has 0 aromatic carbocycles. The molecule has 0 aliphatic heterocycles. The van der Waals surface area contributed by atoms with Crippen molar-refractivity contribution in [2.45, 2.75) is 12.6 Å². The van der Waals surface area contributed by atoms with Crippen molar-refractivity contribution in [3.63, 3.8) is 0 Å². The molecular weight excluding hydrogens is 196 g/mol. The van der Waals surface area contributed by atoms with E-state index in [1.165, 1.54) is 0 Å². The molecule has 0 saturated carbocycles. The Hall–Kier alpha value is -0.980. The fraction of sp³-hybridized carbons (Fsp3) is 0.778. The maximum absolute atomic E-state index is 5.21. The molecule has 1 aromatic heterocycles. The lowest BCUT2D eigenvalue weighted by atomic mass is 10.3. The highest BCUT2D eigenvalue weighted by atomic mass is 16.5. The normalized spacial score (nSPS) is 13.0. The van der Waals surface area contributed by atoms with Gasteiger partial charge in [-0.2, -0.15) is 0 Å². The van der Waals surface area contributed by atoms with Gasteiger partial charge in [0.25, 0.3) is 0 Å². The molecule has 0 radical (unpaired) electrons. The Kier molecular flexibility index (Phi) is 5.23. The molecular formula is C9H18N4O2. The van der Waals surface area contributed by atoms with Gasteiger partial charge in [-0.1, -0.05) is 5.21 Å². The monoisotopic (exact) mass is 214 g/mol. The topological polar surface area (TPSA) is 61.2 Å². The highest BCUT2D eigenvalue weighted by Gasteiger charge is 2.06. The second-order valence-corrected chi connectivity index (χ2v) is 3.33. The van der Waals surface area contributed by atoms with Crippen molar-refractivity contribution in [2.75, 3.05) is 27.4 Å². The average molecular weight is 214 g/mol. The van der Waals surface area contributed by atoms with Crippen LogP contribution in [0.4, 0.5) is 0 Å². The van der Waals surface area contributed by atoms with E-state index in [2.05, 4.69) is 15.6 Å². The lowest BCUT2D eigenvalue weighted by Crippen LogP contribution is -2.31. The van der Waals surface area contributed by atoms with Gasteiger partial charge in [-0.05, 0) is 0 Å². The van der Waals surface area contributed by atoms with Crippen LogP contribution in [0.15, 0.2) is 6.20 Å². The summed E-state index contributed by atoms with van der Waals surface area (Å²) in [5.41, 5.74) is 0.921. The van der Waals surface area contributed by atoms with Gasteiger partial charge < -0.3 is 14.8 Å². The molecule has 0 fully saturated rings. The van der Waals surface area contributed by atoms with Crippen molar-refractivity contribution in [1.82, 2.24) is 20.3 Å². The molecule has 0 spiro atoms. The minimum Gasteiger partial charge on any atom is -0.382 e. The lowest BCUT2D eigenvalue weighted by Gasteiger charge is -2.14. The molecule has 1 N–H and O–H groups in total. The van der Waals surface area contributed by atoms with Crippen molar-refractivity contribution in [2.24, 2.45) is 7.05 Å². The first-order valence-corrected chi connectivity index (χ1v) is 4.84. The summed E-state index contributed by atoms with van der Waals surface area (Å²) < 4.78 is 11.9. The molecule has 1 heterocycles. The Morgan fingerprint density at radius 2 is 2.33 bits per heavy atom. The summed E-state index contributed by atoms with van der Waals surface area (Å²) in [6.45, 7) is 2.02. The summed E-state index contributed by atoms with van der Waals surface area (Å²) in [5.74, 6) is 0. The van der Waals surface area contributed by atoms with Gasteiger partial charge in [-0.25, -0.2) is 0 Å². The third kappa shape index (κ3) is 4.37. The van der Waals surface area contributed by atoms with E-state index in [-0.39, 0.29) is 6.10 Å². The van der Waals surface area contributed by atoms with Gasteiger partial charge in [-0.15, -0.1) is 5.10 Å². The first kappa shape index (κ1) is 12.1. The van der Waals surface area contributed by atoms with Crippen LogP contribution in [0, 0.1) is 0 Å². The van der Waals surface area contributed by atoms with E-state index < -0.39 is 0 Å². The van der Waals surface area contributed by atoms with Crippen LogP contribution in [0.25, 0.3) is 0 Å². The van der Waals surface area contributed by atoms with Crippen LogP contribution in [0.1, 0.15) is 5.69 Å². The van der Waals surface area contributed by atoms with E-state index in [0.29, 0.717) is 13.2 Å². The van der Waals surface area contributed by atoms with E-state index in [1.807, 2.05) is 13.2 Å². The Morgan fingerprint density at radius 1 is 1.53 bits per heavy atom. The third-order valence-corrected chi connectivity index (χ3v) is 2.01. The van der Waals surface area contributed by atoms with E-state index in [1.54, 1.807) is 18.9 Å². The average Bonchev–Trinajstić information content (AvgIpc) is 2.63. The smallest absolute Gasteiger partial charge is 0.0964 e. The fourth-order valence-corrected chi connectivity index (χ4v) is 1.23. The Bertz CT molecular complexity index is 277. The van der Waals surface area contributed by atoms with Crippen LogP contribution < -0.4 is 5.32 Å². The number of aryl methyl sites for hydroxylation is 1. The first-order chi connectivity index (χ1) is 7.26. The molecule has 0 saturated heterocycles. The molecule has 86 valence electrons. The molecule has 6 heteroatoms. The zero-order valence-corrected chi connectivity index (χ0v) is 9.43. The van der Waals surface area contributed by atoms with Gasteiger partial charge in [0.1, 0.15) is 0 Å². The second kappa shape index (κ2) is 6.49. The van der Waals surface area contributed by atoms with Crippen molar-refractivity contribution in [3.05, 3.63) is 11.9 Å². The van der Waals surface area contributed by atoms with Crippen molar-refractivity contribution >= 4 is 0 Å². The van der Waals surface area contributed by atoms with E-state index >= 15 is 0 Å². The second-order valence-electron chi connectivity index (χ2n) is 3.33. The summed E-state index contributed by atoms with van der Waals surface area (Å²) in [6.07, 6.45) is 1.96. The van der Waals surface area contributed by atoms with E-state index in [0.717, 1.165) is 12.2 Å². The number of aromatic nitrogens is 3. The molecule has 0 aliphatic rings. The quantitative estimate of drug-likeness (QED) is 0.667. The number of nitrogens with zero attached hydrogens (tertiary/aromatic N) is 3. The largest absolute Gasteiger partial charge is 0.382 e. The van der Waals surface area contributed by atoms with Crippen LogP contribution in [-0.4, -0.2) is 48.5 Å². The van der Waals surface area contributed by atoms with Crippen LogP contribution >= 0.6 is 0 Å². The maximum atomic E-state index is 5.21. The molecule has 1 rings (SSSR count). The zero-order chi connectivity index (χ0) is 11.1. The number of nitrogens with one attached hydrogen (secondary N) is 1. The van der Waals surface area contributed by atoms with Crippen molar-refractivity contribution in [1.29, 1.82) is 0 Å². The van der Waals surface area contributed by atoms with Crippen molar-refractivity contribution in [3.8, 4) is 0 Å². The lowest BCUT2D eigenvalue weighted by molar-refractivity contribution is 0.0287. The Morgan fingerprint density at radius 3 is 2.87 bits per heavy atom. The van der Waals surface area contributed by atoms with Gasteiger partial charge in [0.15, 0.2) is 0 Å². The number of hydrogen-bond donors (Lipinski definition) is 1. The van der Waals surface area contributed by atoms with E-state index in [9.17, 15) is 0 Å². The highest BCUT2D eigenvalue weighted by Crippen LogP contribution is 1.92. The number of ether oxygens (including phenoxy) is 2. The summed E-state index contributed by atoms with van der Waals surface area (Å²) in [7, 11) is 5.18. The van der Waals surface area contributed by atoms with Crippen LogP contribution in [0.2, 0.25) is 0 Å². The van der Waals surface area contributed by atoms with Gasteiger partial charge in [0.05, 0.1) is 18.4 Å². The van der Waals surface area contributed by atoms with Gasteiger partial charge in [-0.3, -0.25) is 4.68 Å². The Balaban J connectivity index is 2.20. The molecule has 1 unspecified atom stereocenters. The molecule has 1 atom stereocenters. The highest BCUT2D eigenvalue weighted by molar-refractivity contribution is 4.90. The molecule has 0 aliphatic carbocycles. The van der Waals surface area contributed by atoms with Crippen LogP contribution in [0.3, 0.4) is 0 Å². The standard InChI is InChI=1S/C9H18N4O2/c1-13-6-8(11-12-13)4-10-5-9(15-3)7-14-2/h6,9-10H,4-5,7H2,1-3H3. The zero-order valence-electron chi connectivity index (χ0n) is 9.43. The number of hydrogen-bond acceptors (Lipinski definition) is 5. The van der Waals surface area contributed by atoms with Crippen molar-refractivity contribution < 1.29 is 9.47 Å². The molecule has 0 bridgehead atoms. The summed E-state index contributed by atoms with van der Waals surface area (Å²) in [5, 5.41) is 11.0. The molecule has 1 aromatic rings. The van der Waals surface area contributed by atoms with Crippen LogP contribution in [0.5, 0.6) is 0 Å². The molecule has 15 heavy (non-hydrogen) atoms. The summed E-state index contributed by atoms with van der Waals surface area (Å²) >= 11 is 0. The first-order valence-electron chi connectivity index (χ1n) is 4.84. The molecule has 0 amide bonds. The number of rotatable bonds is 7. The van der Waals surface area contributed by atoms with Gasteiger partial charge in [0, 0.05) is 40.6 Å². The molecule has 6 nitrogen and oxygen atoms in total. The van der Waals surface area contributed by atoms with Gasteiger partial charge in [0.2, 0.25) is 0 Å². The third-order valence-electron chi connectivity index (χ3n) is 2.01. The van der Waals surface area contributed by atoms with Crippen LogP contribution in [-0.2, 0) is 23.1 Å². The fourth-order valence-electron chi connectivity index (χ4n) is 1.23. The summed E-state index contributed by atoms with van der Waals surface area (Å²) in [4.78, 5) is 0. The SMILES string of the molecule is COCC(CNCc1cn(C)nn1)OC. The predicted octanol–water partition coefficient (Wildman–Crippen LogP) is -0.434. The summed E-state index contributed by atoms with van der Waals surface area (Å²) in [6, 6.07) is 0. The van der Waals surface area contributed by atoms with E-state index in [4.69, 9.17) is 9.47 Å². The maximum Gasteiger partial charge on any atom is 0.0964 e. The minimum absolute atomic E-state index is 0.0756. The predicted molar refractivity (Wildman–Crippen MR) is 55.4 cm³/mol.